The second-order valence-corrected chi connectivity index (χ2v) is 4.12. The molecule has 0 fully saturated rings. The molecule has 0 amide bonds. The quantitative estimate of drug-likeness (QED) is 0.830. The van der Waals surface area contributed by atoms with Crippen molar-refractivity contribution in [1.82, 2.24) is 0 Å². The number of nitrogens with one attached hydrogen (secondary N) is 1. The molecule has 92 valence electrons. The van der Waals surface area contributed by atoms with Gasteiger partial charge in [0.15, 0.2) is 5.78 Å². The van der Waals surface area contributed by atoms with E-state index in [2.05, 4.69) is 5.32 Å². The number of rotatable bonds is 4. The van der Waals surface area contributed by atoms with E-state index in [0.717, 1.165) is 11.3 Å². The maximum atomic E-state index is 13.0. The largest absolute Gasteiger partial charge is 0.381 e. The van der Waals surface area contributed by atoms with Crippen LogP contribution in [0, 0.1) is 5.82 Å². The Balaban J connectivity index is 2.06. The molecule has 3 heteroatoms. The van der Waals surface area contributed by atoms with E-state index in [0.29, 0.717) is 12.1 Å². The molecule has 2 aromatic carbocycles. The van der Waals surface area contributed by atoms with Crippen LogP contribution in [-0.4, -0.2) is 5.78 Å². The smallest absolute Gasteiger partial charge is 0.159 e. The second-order valence-electron chi connectivity index (χ2n) is 4.12. The summed E-state index contributed by atoms with van der Waals surface area (Å²) in [5, 5.41) is 3.16. The molecule has 0 aliphatic rings. The zero-order valence-corrected chi connectivity index (χ0v) is 10.1. The van der Waals surface area contributed by atoms with E-state index >= 15 is 0 Å². The number of halogens is 1. The van der Waals surface area contributed by atoms with Gasteiger partial charge in [-0.05, 0) is 36.8 Å². The van der Waals surface area contributed by atoms with E-state index in [1.165, 1.54) is 19.1 Å². The SMILES string of the molecule is CC(=O)c1cccc(NCc2cccc(F)c2)c1. The van der Waals surface area contributed by atoms with Gasteiger partial charge in [-0.25, -0.2) is 4.39 Å². The van der Waals surface area contributed by atoms with Crippen LogP contribution in [0.4, 0.5) is 10.1 Å². The molecule has 0 saturated heterocycles. The zero-order chi connectivity index (χ0) is 13.0. The van der Waals surface area contributed by atoms with Crippen LogP contribution in [0.15, 0.2) is 48.5 Å². The van der Waals surface area contributed by atoms with Crippen molar-refractivity contribution >= 4 is 11.5 Å². The minimum Gasteiger partial charge on any atom is -0.381 e. The molecule has 1 N–H and O–H groups in total. The topological polar surface area (TPSA) is 29.1 Å². The van der Waals surface area contributed by atoms with Gasteiger partial charge in [-0.15, -0.1) is 0 Å². The molecule has 0 spiro atoms. The van der Waals surface area contributed by atoms with E-state index in [1.807, 2.05) is 18.2 Å². The van der Waals surface area contributed by atoms with Gasteiger partial charge in [0.1, 0.15) is 5.82 Å². The van der Waals surface area contributed by atoms with Gasteiger partial charge in [0.25, 0.3) is 0 Å². The van der Waals surface area contributed by atoms with Crippen LogP contribution >= 0.6 is 0 Å². The number of carbonyl (C=O) groups is 1. The van der Waals surface area contributed by atoms with Gasteiger partial charge in [0.2, 0.25) is 0 Å². The first-order valence-electron chi connectivity index (χ1n) is 5.74. The van der Waals surface area contributed by atoms with Crippen molar-refractivity contribution in [2.75, 3.05) is 5.32 Å². The highest BCUT2D eigenvalue weighted by molar-refractivity contribution is 5.94. The molecule has 2 aromatic rings. The Labute approximate surface area is 105 Å². The summed E-state index contributed by atoms with van der Waals surface area (Å²) in [6.45, 7) is 2.06. The lowest BCUT2D eigenvalue weighted by Crippen LogP contribution is -2.01. The fourth-order valence-corrected chi connectivity index (χ4v) is 1.70. The summed E-state index contributed by atoms with van der Waals surface area (Å²) in [6.07, 6.45) is 0. The maximum absolute atomic E-state index is 13.0. The van der Waals surface area contributed by atoms with Crippen molar-refractivity contribution in [3.05, 3.63) is 65.5 Å². The fraction of sp³-hybridized carbons (Fsp3) is 0.133. The van der Waals surface area contributed by atoms with Gasteiger partial charge in [0.05, 0.1) is 0 Å². The maximum Gasteiger partial charge on any atom is 0.159 e. The van der Waals surface area contributed by atoms with Crippen LogP contribution < -0.4 is 5.32 Å². The van der Waals surface area contributed by atoms with Crippen molar-refractivity contribution in [3.63, 3.8) is 0 Å². The van der Waals surface area contributed by atoms with E-state index in [1.54, 1.807) is 18.2 Å². The second kappa shape index (κ2) is 5.45. The van der Waals surface area contributed by atoms with Crippen molar-refractivity contribution < 1.29 is 9.18 Å². The minimum atomic E-state index is -0.244. The summed E-state index contributed by atoms with van der Waals surface area (Å²) >= 11 is 0. The van der Waals surface area contributed by atoms with Crippen molar-refractivity contribution in [2.24, 2.45) is 0 Å². The lowest BCUT2D eigenvalue weighted by atomic mass is 10.1. The number of benzene rings is 2. The highest BCUT2D eigenvalue weighted by atomic mass is 19.1. The molecule has 0 bridgehead atoms. The van der Waals surface area contributed by atoms with E-state index < -0.39 is 0 Å². The average molecular weight is 243 g/mol. The molecule has 2 nitrogen and oxygen atoms in total. The van der Waals surface area contributed by atoms with Gasteiger partial charge < -0.3 is 5.32 Å². The summed E-state index contributed by atoms with van der Waals surface area (Å²) in [4.78, 5) is 11.2. The number of ketones is 1. The molecular formula is C15H14FNO. The molecule has 0 aliphatic carbocycles. The normalized spacial score (nSPS) is 10.1. The fourth-order valence-electron chi connectivity index (χ4n) is 1.70. The van der Waals surface area contributed by atoms with Crippen molar-refractivity contribution in [3.8, 4) is 0 Å². The lowest BCUT2D eigenvalue weighted by molar-refractivity contribution is 0.101. The summed E-state index contributed by atoms with van der Waals surface area (Å²) in [6, 6.07) is 13.7. The Kier molecular flexibility index (Phi) is 3.72. The molecule has 0 unspecified atom stereocenters. The zero-order valence-electron chi connectivity index (χ0n) is 10.1. The molecule has 18 heavy (non-hydrogen) atoms. The van der Waals surface area contributed by atoms with Gasteiger partial charge in [-0.1, -0.05) is 24.3 Å². The Morgan fingerprint density at radius 1 is 1.17 bits per heavy atom. The molecule has 0 saturated carbocycles. The van der Waals surface area contributed by atoms with E-state index in [4.69, 9.17) is 0 Å². The Hall–Kier alpha value is -2.16. The van der Waals surface area contributed by atoms with Crippen LogP contribution in [0.1, 0.15) is 22.8 Å². The molecule has 0 radical (unpaired) electrons. The molecular weight excluding hydrogens is 229 g/mol. The molecule has 0 aromatic heterocycles. The van der Waals surface area contributed by atoms with Crippen LogP contribution in [-0.2, 0) is 6.54 Å². The van der Waals surface area contributed by atoms with Crippen LogP contribution in [0.3, 0.4) is 0 Å². The highest BCUT2D eigenvalue weighted by Crippen LogP contribution is 2.13. The predicted molar refractivity (Wildman–Crippen MR) is 70.2 cm³/mol. The first-order chi connectivity index (χ1) is 8.65. The number of Topliss-reactive ketones (excluding diaryl/α,β-unsaturated/α-hetero) is 1. The third kappa shape index (κ3) is 3.17. The number of anilines is 1. The summed E-state index contributed by atoms with van der Waals surface area (Å²) < 4.78 is 13.0. The molecule has 0 aliphatic heterocycles. The standard InChI is InChI=1S/C15H14FNO/c1-11(18)13-5-3-7-15(9-13)17-10-12-4-2-6-14(16)8-12/h2-9,17H,10H2,1H3. The van der Waals surface area contributed by atoms with Crippen LogP contribution in [0.25, 0.3) is 0 Å². The molecule has 0 atom stereocenters. The number of hydrogen-bond acceptors (Lipinski definition) is 2. The van der Waals surface area contributed by atoms with Crippen molar-refractivity contribution in [1.29, 1.82) is 0 Å². The Morgan fingerprint density at radius 3 is 2.67 bits per heavy atom. The van der Waals surface area contributed by atoms with E-state index in [9.17, 15) is 9.18 Å². The minimum absolute atomic E-state index is 0.0319. The number of hydrogen-bond donors (Lipinski definition) is 1. The van der Waals surface area contributed by atoms with Crippen LogP contribution in [0.2, 0.25) is 0 Å². The van der Waals surface area contributed by atoms with Gasteiger partial charge in [-0.2, -0.15) is 0 Å². The van der Waals surface area contributed by atoms with E-state index in [-0.39, 0.29) is 11.6 Å². The molecule has 2 rings (SSSR count). The first-order valence-corrected chi connectivity index (χ1v) is 5.74. The Bertz CT molecular complexity index is 566. The average Bonchev–Trinajstić information content (AvgIpc) is 2.37. The summed E-state index contributed by atoms with van der Waals surface area (Å²) in [5.74, 6) is -0.212. The summed E-state index contributed by atoms with van der Waals surface area (Å²) in [5.41, 5.74) is 2.38. The molecule has 0 heterocycles. The van der Waals surface area contributed by atoms with Gasteiger partial charge in [0, 0.05) is 17.8 Å². The lowest BCUT2D eigenvalue weighted by Gasteiger charge is -2.07. The summed E-state index contributed by atoms with van der Waals surface area (Å²) in [7, 11) is 0. The van der Waals surface area contributed by atoms with Crippen LogP contribution in [0.5, 0.6) is 0 Å². The van der Waals surface area contributed by atoms with Gasteiger partial charge in [-0.3, -0.25) is 4.79 Å². The third-order valence-electron chi connectivity index (χ3n) is 2.65. The van der Waals surface area contributed by atoms with Crippen molar-refractivity contribution in [2.45, 2.75) is 13.5 Å². The predicted octanol–water partition coefficient (Wildman–Crippen LogP) is 3.64. The Morgan fingerprint density at radius 2 is 1.94 bits per heavy atom. The monoisotopic (exact) mass is 243 g/mol. The highest BCUT2D eigenvalue weighted by Gasteiger charge is 2.00. The third-order valence-corrected chi connectivity index (χ3v) is 2.65. The van der Waals surface area contributed by atoms with Gasteiger partial charge >= 0.3 is 0 Å². The first kappa shape index (κ1) is 12.3. The number of carbonyl (C=O) groups excluding carboxylic acids is 1.